The van der Waals surface area contributed by atoms with E-state index in [1.54, 1.807) is 17.0 Å². The summed E-state index contributed by atoms with van der Waals surface area (Å²) in [4.78, 5) is 39.7. The van der Waals surface area contributed by atoms with E-state index in [-0.39, 0.29) is 22.8 Å². The number of benzene rings is 1. The van der Waals surface area contributed by atoms with Gasteiger partial charge in [-0.3, -0.25) is 14.3 Å². The van der Waals surface area contributed by atoms with Crippen LogP contribution in [0.3, 0.4) is 0 Å². The molecule has 10 heteroatoms. The number of hydrogen-bond acceptors (Lipinski definition) is 6. The fourth-order valence-electron chi connectivity index (χ4n) is 6.03. The van der Waals surface area contributed by atoms with Crippen LogP contribution in [0.4, 0.5) is 0 Å². The van der Waals surface area contributed by atoms with E-state index >= 15 is 0 Å². The molecule has 210 valence electrons. The smallest absolute Gasteiger partial charge is 0.335 e. The summed E-state index contributed by atoms with van der Waals surface area (Å²) in [5.41, 5.74) is 3.95. The maximum atomic E-state index is 13.1. The third-order valence-electron chi connectivity index (χ3n) is 8.36. The quantitative estimate of drug-likeness (QED) is 0.496. The molecule has 2 saturated heterocycles. The van der Waals surface area contributed by atoms with Gasteiger partial charge in [0.2, 0.25) is 0 Å². The van der Waals surface area contributed by atoms with Gasteiger partial charge in [-0.05, 0) is 74.1 Å². The highest BCUT2D eigenvalue weighted by molar-refractivity contribution is 5.97. The summed E-state index contributed by atoms with van der Waals surface area (Å²) in [6.45, 7) is 6.84. The summed E-state index contributed by atoms with van der Waals surface area (Å²) in [6, 6.07) is 4.88. The number of aryl methyl sites for hydroxylation is 3. The Kier molecular flexibility index (Phi) is 8.32. The van der Waals surface area contributed by atoms with E-state index < -0.39 is 5.97 Å². The van der Waals surface area contributed by atoms with Gasteiger partial charge in [0.1, 0.15) is 0 Å². The van der Waals surface area contributed by atoms with E-state index in [0.717, 1.165) is 49.1 Å². The highest BCUT2D eigenvalue weighted by Gasteiger charge is 2.39. The lowest BCUT2D eigenvalue weighted by molar-refractivity contribution is 0.0152. The van der Waals surface area contributed by atoms with Crippen LogP contribution in [0.15, 0.2) is 18.2 Å². The van der Waals surface area contributed by atoms with Crippen molar-refractivity contribution in [1.82, 2.24) is 20.0 Å². The molecule has 0 aliphatic carbocycles. The lowest BCUT2D eigenvalue weighted by atomic mass is 9.76. The minimum Gasteiger partial charge on any atom is -0.478 e. The number of nitrogens with one attached hydrogen (secondary N) is 1. The van der Waals surface area contributed by atoms with E-state index in [4.69, 9.17) is 14.6 Å². The van der Waals surface area contributed by atoms with Crippen LogP contribution in [0.1, 0.15) is 80.6 Å². The largest absolute Gasteiger partial charge is 0.478 e. The van der Waals surface area contributed by atoms with Gasteiger partial charge in [-0.2, -0.15) is 5.10 Å². The number of amides is 2. The number of aromatic nitrogens is 2. The van der Waals surface area contributed by atoms with Gasteiger partial charge in [-0.15, -0.1) is 0 Å². The highest BCUT2D eigenvalue weighted by atomic mass is 16.5. The molecule has 5 rings (SSSR count). The van der Waals surface area contributed by atoms with Crippen molar-refractivity contribution in [3.8, 4) is 0 Å². The molecule has 3 aliphatic rings. The number of rotatable bonds is 8. The molecule has 1 spiro atoms. The van der Waals surface area contributed by atoms with Gasteiger partial charge in [0, 0.05) is 45.0 Å². The molecule has 1 aromatic heterocycles. The molecule has 0 unspecified atom stereocenters. The zero-order chi connectivity index (χ0) is 27.4. The predicted molar refractivity (Wildman–Crippen MR) is 143 cm³/mol. The molecule has 39 heavy (non-hydrogen) atoms. The van der Waals surface area contributed by atoms with Gasteiger partial charge in [0.15, 0.2) is 0 Å². The number of fused-ring (bicyclic) bond motifs is 1. The van der Waals surface area contributed by atoms with Crippen LogP contribution in [-0.2, 0) is 35.3 Å². The van der Waals surface area contributed by atoms with Crippen molar-refractivity contribution in [1.29, 1.82) is 0 Å². The molecule has 2 fully saturated rings. The molecular weight excluding hydrogens is 500 g/mol. The van der Waals surface area contributed by atoms with Crippen molar-refractivity contribution in [3.05, 3.63) is 51.8 Å². The van der Waals surface area contributed by atoms with Crippen molar-refractivity contribution in [3.63, 3.8) is 0 Å². The van der Waals surface area contributed by atoms with E-state index in [0.29, 0.717) is 76.6 Å². The van der Waals surface area contributed by atoms with Crippen molar-refractivity contribution < 1.29 is 29.0 Å². The number of unbranched alkanes of at least 4 members (excludes halogenated alkanes) is 1. The van der Waals surface area contributed by atoms with Crippen molar-refractivity contribution in [2.24, 2.45) is 5.41 Å². The van der Waals surface area contributed by atoms with Crippen LogP contribution >= 0.6 is 0 Å². The Labute approximate surface area is 228 Å². The molecule has 1 aromatic carbocycles. The zero-order valence-corrected chi connectivity index (χ0v) is 22.7. The second-order valence-electron chi connectivity index (χ2n) is 10.9. The summed E-state index contributed by atoms with van der Waals surface area (Å²) in [5.74, 6) is -1.12. The first-order valence-corrected chi connectivity index (χ1v) is 14.1. The Morgan fingerprint density at radius 3 is 2.56 bits per heavy atom. The molecule has 2 amide bonds. The lowest BCUT2D eigenvalue weighted by Gasteiger charge is -2.36. The number of carboxylic acid groups (broad SMARTS) is 1. The number of nitrogens with zero attached hydrogens (tertiary/aromatic N) is 3. The van der Waals surface area contributed by atoms with E-state index in [2.05, 4.69) is 5.32 Å². The maximum Gasteiger partial charge on any atom is 0.335 e. The zero-order valence-electron chi connectivity index (χ0n) is 22.7. The predicted octanol–water partition coefficient (Wildman–Crippen LogP) is 2.72. The molecule has 0 radical (unpaired) electrons. The van der Waals surface area contributed by atoms with Gasteiger partial charge in [-0.1, -0.05) is 6.92 Å². The number of carbonyl (C=O) groups excluding carboxylic acids is 2. The number of aromatic carboxylic acids is 1. The third kappa shape index (κ3) is 5.86. The minimum absolute atomic E-state index is 0.00813. The second kappa shape index (κ2) is 11.9. The molecular formula is C29H38N4O6. The maximum absolute atomic E-state index is 13.1. The Bertz CT molecular complexity index is 1230. The van der Waals surface area contributed by atoms with Gasteiger partial charge in [0.25, 0.3) is 11.8 Å². The normalized spacial score (nSPS) is 18.9. The van der Waals surface area contributed by atoms with Crippen LogP contribution in [0.5, 0.6) is 0 Å². The van der Waals surface area contributed by atoms with Crippen LogP contribution in [-0.4, -0.2) is 83.6 Å². The third-order valence-corrected chi connectivity index (χ3v) is 8.36. The van der Waals surface area contributed by atoms with Crippen molar-refractivity contribution in [2.45, 2.75) is 58.4 Å². The molecule has 2 aromatic rings. The Morgan fingerprint density at radius 1 is 1.10 bits per heavy atom. The van der Waals surface area contributed by atoms with E-state index in [9.17, 15) is 19.5 Å². The molecule has 4 heterocycles. The minimum atomic E-state index is -0.992. The first kappa shape index (κ1) is 27.3. The van der Waals surface area contributed by atoms with E-state index in [1.165, 1.54) is 6.07 Å². The standard InChI is InChI=1S/C29H38N4O6/c1-2-23-25-24(18-29(19-30-26(25)34)8-13-38-14-9-29)33(31-23)10-4-3-5-20-17-21(6-7-22(20)28(36)37)27(35)32-11-15-39-16-12-32/h6-7,17H,2-5,8-16,18-19H2,1H3,(H,30,34)(H,36,37). The van der Waals surface area contributed by atoms with Gasteiger partial charge in [-0.25, -0.2) is 4.79 Å². The second-order valence-corrected chi connectivity index (χ2v) is 10.9. The summed E-state index contributed by atoms with van der Waals surface area (Å²) in [6.07, 6.45) is 5.36. The van der Waals surface area contributed by atoms with Gasteiger partial charge >= 0.3 is 5.97 Å². The first-order valence-electron chi connectivity index (χ1n) is 14.1. The number of carboxylic acids is 1. The molecule has 0 saturated carbocycles. The van der Waals surface area contributed by atoms with E-state index in [1.807, 2.05) is 11.6 Å². The first-order chi connectivity index (χ1) is 18.9. The van der Waals surface area contributed by atoms with Crippen molar-refractivity contribution >= 4 is 17.8 Å². The average Bonchev–Trinajstić information content (AvgIpc) is 3.24. The van der Waals surface area contributed by atoms with Crippen LogP contribution in [0, 0.1) is 5.41 Å². The van der Waals surface area contributed by atoms with Crippen molar-refractivity contribution in [2.75, 3.05) is 46.1 Å². The summed E-state index contributed by atoms with van der Waals surface area (Å²) >= 11 is 0. The number of carbonyl (C=O) groups is 3. The molecule has 3 aliphatic heterocycles. The molecule has 0 atom stereocenters. The summed E-state index contributed by atoms with van der Waals surface area (Å²) in [5, 5.41) is 17.7. The number of hydrogen-bond donors (Lipinski definition) is 2. The SMILES string of the molecule is CCc1nn(CCCCc2cc(C(=O)N3CCOCC3)ccc2C(=O)O)c2c1C(=O)NCC1(CCOCC1)C2. The van der Waals surface area contributed by atoms with Crippen LogP contribution < -0.4 is 5.32 Å². The average molecular weight is 539 g/mol. The van der Waals surface area contributed by atoms with Crippen LogP contribution in [0.2, 0.25) is 0 Å². The Morgan fingerprint density at radius 2 is 1.85 bits per heavy atom. The fraction of sp³-hybridized carbons (Fsp3) is 0.586. The lowest BCUT2D eigenvalue weighted by Crippen LogP contribution is -2.40. The highest BCUT2D eigenvalue weighted by Crippen LogP contribution is 2.37. The monoisotopic (exact) mass is 538 g/mol. The fourth-order valence-corrected chi connectivity index (χ4v) is 6.03. The Balaban J connectivity index is 1.29. The Hall–Kier alpha value is -3.24. The number of morpholine rings is 1. The van der Waals surface area contributed by atoms with Gasteiger partial charge < -0.3 is 24.8 Å². The number of ether oxygens (including phenoxy) is 2. The summed E-state index contributed by atoms with van der Waals surface area (Å²) < 4.78 is 13.0. The summed E-state index contributed by atoms with van der Waals surface area (Å²) in [7, 11) is 0. The molecule has 2 N–H and O–H groups in total. The molecule has 10 nitrogen and oxygen atoms in total. The van der Waals surface area contributed by atoms with Crippen LogP contribution in [0.25, 0.3) is 0 Å². The molecule has 0 bridgehead atoms. The topological polar surface area (TPSA) is 123 Å². The van der Waals surface area contributed by atoms with Gasteiger partial charge in [0.05, 0.1) is 35.7 Å².